The number of fused-ring (bicyclic) bond motifs is 2. The summed E-state index contributed by atoms with van der Waals surface area (Å²) in [4.78, 5) is 4.95. The number of hydrogen-bond acceptors (Lipinski definition) is 3. The van der Waals surface area contributed by atoms with Crippen LogP contribution in [0.5, 0.6) is 5.75 Å². The first-order valence-electron chi connectivity index (χ1n) is 10.5. The number of para-hydroxylation sites is 2. The molecule has 0 fully saturated rings. The molecule has 0 bridgehead atoms. The smallest absolute Gasteiger partial charge is 0.118 e. The van der Waals surface area contributed by atoms with Crippen molar-refractivity contribution in [1.29, 1.82) is 0 Å². The molecule has 0 amide bonds. The lowest BCUT2D eigenvalue weighted by molar-refractivity contribution is 0.347. The lowest BCUT2D eigenvalue weighted by Crippen LogP contribution is -2.32. The van der Waals surface area contributed by atoms with Gasteiger partial charge in [-0.15, -0.1) is 0 Å². The van der Waals surface area contributed by atoms with Gasteiger partial charge in [0.15, 0.2) is 0 Å². The van der Waals surface area contributed by atoms with E-state index in [1.165, 1.54) is 28.1 Å². The Kier molecular flexibility index (Phi) is 6.16. The van der Waals surface area contributed by atoms with E-state index in [2.05, 4.69) is 77.5 Å². The van der Waals surface area contributed by atoms with E-state index in [-0.39, 0.29) is 0 Å². The van der Waals surface area contributed by atoms with Crippen molar-refractivity contribution < 1.29 is 4.74 Å². The van der Waals surface area contributed by atoms with Crippen LogP contribution in [0.2, 0.25) is 0 Å². The van der Waals surface area contributed by atoms with Crippen LogP contribution in [0.4, 0.5) is 11.4 Å². The number of rotatable bonds is 7. The first kappa shape index (κ1) is 19.5. The highest BCUT2D eigenvalue weighted by molar-refractivity contribution is 5.71. The molecule has 0 atom stereocenters. The minimum Gasteiger partial charge on any atom is -0.497 e. The van der Waals surface area contributed by atoms with Crippen molar-refractivity contribution in [2.75, 3.05) is 38.7 Å². The zero-order valence-corrected chi connectivity index (χ0v) is 17.5. The molecule has 3 aromatic rings. The largest absolute Gasteiger partial charge is 0.497 e. The Morgan fingerprint density at radius 3 is 1.97 bits per heavy atom. The number of likely N-dealkylation sites (N-methyl/N-ethyl adjacent to an activating group) is 1. The molecule has 1 heterocycles. The molecule has 3 aromatic carbocycles. The van der Waals surface area contributed by atoms with E-state index in [0.717, 1.165) is 44.6 Å². The molecule has 0 spiro atoms. The second kappa shape index (κ2) is 9.15. The van der Waals surface area contributed by atoms with Gasteiger partial charge in [0.25, 0.3) is 0 Å². The number of nitrogens with zero attached hydrogens (tertiary/aromatic N) is 2. The Hall–Kier alpha value is -2.78. The van der Waals surface area contributed by atoms with Gasteiger partial charge in [-0.1, -0.05) is 48.5 Å². The third kappa shape index (κ3) is 4.63. The van der Waals surface area contributed by atoms with Crippen LogP contribution in [-0.4, -0.2) is 38.7 Å². The predicted octanol–water partition coefficient (Wildman–Crippen LogP) is 5.11. The topological polar surface area (TPSA) is 15.7 Å². The monoisotopic (exact) mass is 386 g/mol. The molecule has 4 rings (SSSR count). The minimum atomic E-state index is 0.917. The Balaban J connectivity index is 1.43. The van der Waals surface area contributed by atoms with E-state index in [0.29, 0.717) is 0 Å². The molecule has 0 aliphatic carbocycles. The fraction of sp³-hybridized carbons (Fsp3) is 0.308. The second-order valence-electron chi connectivity index (χ2n) is 7.81. The molecule has 0 aromatic heterocycles. The van der Waals surface area contributed by atoms with Crippen LogP contribution < -0.4 is 9.64 Å². The average molecular weight is 387 g/mol. The SMILES string of the molecule is COc1ccc(CCN(C)CCN2c3ccccc3CCc3ccccc32)cc1. The Morgan fingerprint density at radius 1 is 0.793 bits per heavy atom. The molecule has 0 N–H and O–H groups in total. The third-order valence-electron chi connectivity index (χ3n) is 5.88. The molecule has 3 heteroatoms. The highest BCUT2D eigenvalue weighted by Crippen LogP contribution is 2.35. The molecule has 0 saturated carbocycles. The van der Waals surface area contributed by atoms with E-state index < -0.39 is 0 Å². The van der Waals surface area contributed by atoms with Gasteiger partial charge in [0.2, 0.25) is 0 Å². The number of methoxy groups -OCH3 is 1. The van der Waals surface area contributed by atoms with Crippen molar-refractivity contribution in [3.63, 3.8) is 0 Å². The summed E-state index contributed by atoms with van der Waals surface area (Å²) < 4.78 is 5.25. The summed E-state index contributed by atoms with van der Waals surface area (Å²) in [6, 6.07) is 26.2. The van der Waals surface area contributed by atoms with Gasteiger partial charge in [-0.2, -0.15) is 0 Å². The van der Waals surface area contributed by atoms with Gasteiger partial charge in [0.1, 0.15) is 5.75 Å². The van der Waals surface area contributed by atoms with Crippen molar-refractivity contribution >= 4 is 11.4 Å². The van der Waals surface area contributed by atoms with Crippen molar-refractivity contribution in [2.24, 2.45) is 0 Å². The molecule has 3 nitrogen and oxygen atoms in total. The molecular weight excluding hydrogens is 356 g/mol. The standard InChI is InChI=1S/C26H30N2O/c1-27(18-17-21-11-15-24(29-2)16-12-21)19-20-28-25-9-5-3-7-22(25)13-14-23-8-4-6-10-26(23)28/h3-12,15-16H,13-14,17-20H2,1-2H3. The third-order valence-corrected chi connectivity index (χ3v) is 5.88. The van der Waals surface area contributed by atoms with Crippen LogP contribution in [0.15, 0.2) is 72.8 Å². The molecule has 1 aliphatic rings. The average Bonchev–Trinajstić information content (AvgIpc) is 2.93. The normalized spacial score (nSPS) is 13.0. The summed E-state index contributed by atoms with van der Waals surface area (Å²) in [7, 11) is 3.93. The van der Waals surface area contributed by atoms with Crippen LogP contribution in [0.3, 0.4) is 0 Å². The van der Waals surface area contributed by atoms with Crippen LogP contribution in [0.25, 0.3) is 0 Å². The van der Waals surface area contributed by atoms with Gasteiger partial charge in [-0.25, -0.2) is 0 Å². The minimum absolute atomic E-state index is 0.917. The van der Waals surface area contributed by atoms with Crippen molar-refractivity contribution in [2.45, 2.75) is 19.3 Å². The number of benzene rings is 3. The molecule has 0 radical (unpaired) electrons. The zero-order valence-electron chi connectivity index (χ0n) is 17.5. The molecule has 1 aliphatic heterocycles. The van der Waals surface area contributed by atoms with Gasteiger partial charge in [0, 0.05) is 31.0 Å². The van der Waals surface area contributed by atoms with Crippen LogP contribution in [-0.2, 0) is 19.3 Å². The number of hydrogen-bond donors (Lipinski definition) is 0. The Morgan fingerprint density at radius 2 is 1.38 bits per heavy atom. The van der Waals surface area contributed by atoms with Crippen LogP contribution in [0.1, 0.15) is 16.7 Å². The van der Waals surface area contributed by atoms with E-state index in [4.69, 9.17) is 4.74 Å². The predicted molar refractivity (Wildman–Crippen MR) is 121 cm³/mol. The molecule has 0 saturated heterocycles. The van der Waals surface area contributed by atoms with E-state index in [9.17, 15) is 0 Å². The summed E-state index contributed by atoms with van der Waals surface area (Å²) in [6.07, 6.45) is 3.27. The maximum absolute atomic E-state index is 5.25. The lowest BCUT2D eigenvalue weighted by atomic mass is 10.0. The second-order valence-corrected chi connectivity index (χ2v) is 7.81. The molecule has 0 unspecified atom stereocenters. The summed E-state index contributed by atoms with van der Waals surface area (Å²) in [5.41, 5.74) is 6.97. The van der Waals surface area contributed by atoms with Crippen molar-refractivity contribution in [3.8, 4) is 5.75 Å². The summed E-state index contributed by atoms with van der Waals surface area (Å²) in [6.45, 7) is 3.06. The van der Waals surface area contributed by atoms with Gasteiger partial charge in [0.05, 0.1) is 7.11 Å². The first-order chi connectivity index (χ1) is 14.2. The Labute approximate surface area is 174 Å². The van der Waals surface area contributed by atoms with Crippen LogP contribution >= 0.6 is 0 Å². The van der Waals surface area contributed by atoms with E-state index in [1.807, 2.05) is 12.1 Å². The fourth-order valence-corrected chi connectivity index (χ4v) is 4.11. The fourth-order valence-electron chi connectivity index (χ4n) is 4.11. The van der Waals surface area contributed by atoms with Crippen molar-refractivity contribution in [3.05, 3.63) is 89.5 Å². The van der Waals surface area contributed by atoms with Gasteiger partial charge in [-0.3, -0.25) is 0 Å². The summed E-state index contributed by atoms with van der Waals surface area (Å²) in [5.74, 6) is 0.917. The lowest BCUT2D eigenvalue weighted by Gasteiger charge is -2.29. The van der Waals surface area contributed by atoms with Gasteiger partial charge < -0.3 is 14.5 Å². The van der Waals surface area contributed by atoms with E-state index >= 15 is 0 Å². The molecular formula is C26H30N2O. The first-order valence-corrected chi connectivity index (χ1v) is 10.5. The van der Waals surface area contributed by atoms with Gasteiger partial charge >= 0.3 is 0 Å². The summed E-state index contributed by atoms with van der Waals surface area (Å²) in [5, 5.41) is 0. The highest BCUT2D eigenvalue weighted by atomic mass is 16.5. The number of aryl methyl sites for hydroxylation is 2. The van der Waals surface area contributed by atoms with Gasteiger partial charge in [-0.05, 0) is 67.3 Å². The van der Waals surface area contributed by atoms with E-state index in [1.54, 1.807) is 7.11 Å². The molecule has 150 valence electrons. The number of ether oxygens (including phenoxy) is 1. The maximum Gasteiger partial charge on any atom is 0.118 e. The molecule has 29 heavy (non-hydrogen) atoms. The quantitative estimate of drug-likeness (QED) is 0.561. The van der Waals surface area contributed by atoms with Crippen molar-refractivity contribution in [1.82, 2.24) is 4.90 Å². The zero-order chi connectivity index (χ0) is 20.1. The number of anilines is 2. The Bertz CT molecular complexity index is 888. The maximum atomic E-state index is 5.25. The van der Waals surface area contributed by atoms with Crippen LogP contribution in [0, 0.1) is 0 Å². The summed E-state index contributed by atoms with van der Waals surface area (Å²) >= 11 is 0. The highest BCUT2D eigenvalue weighted by Gasteiger charge is 2.20.